The molecule has 1 aliphatic rings. The number of ether oxygens (including phenoxy) is 1. The first-order valence-corrected chi connectivity index (χ1v) is 9.21. The van der Waals surface area contributed by atoms with Crippen LogP contribution in [0.15, 0.2) is 11.4 Å². The lowest BCUT2D eigenvalue weighted by Gasteiger charge is -2.26. The van der Waals surface area contributed by atoms with E-state index in [-0.39, 0.29) is 11.9 Å². The van der Waals surface area contributed by atoms with Gasteiger partial charge in [-0.15, -0.1) is 11.3 Å². The average molecular weight is 338 g/mol. The van der Waals surface area contributed by atoms with Crippen molar-refractivity contribution < 1.29 is 14.3 Å². The number of esters is 1. The molecular formula is C17H26N2O3S. The Kier molecular flexibility index (Phi) is 7.05. The van der Waals surface area contributed by atoms with Crippen molar-refractivity contribution in [2.75, 3.05) is 32.1 Å². The maximum absolute atomic E-state index is 12.2. The molecule has 0 atom stereocenters. The fraction of sp³-hybridized carbons (Fsp3) is 0.647. The van der Waals surface area contributed by atoms with Crippen LogP contribution >= 0.6 is 11.3 Å². The lowest BCUT2D eigenvalue weighted by atomic mass is 9.89. The van der Waals surface area contributed by atoms with Crippen molar-refractivity contribution in [2.24, 2.45) is 5.92 Å². The van der Waals surface area contributed by atoms with Gasteiger partial charge in [-0.25, -0.2) is 4.79 Å². The molecule has 5 nitrogen and oxygen atoms in total. The molecule has 1 aromatic rings. The van der Waals surface area contributed by atoms with Crippen LogP contribution < -0.4 is 5.32 Å². The van der Waals surface area contributed by atoms with Crippen molar-refractivity contribution in [1.82, 2.24) is 4.90 Å². The van der Waals surface area contributed by atoms with E-state index >= 15 is 0 Å². The van der Waals surface area contributed by atoms with Crippen LogP contribution in [-0.2, 0) is 9.53 Å². The Morgan fingerprint density at radius 2 is 2.09 bits per heavy atom. The Morgan fingerprint density at radius 1 is 1.35 bits per heavy atom. The first kappa shape index (κ1) is 17.9. The van der Waals surface area contributed by atoms with Gasteiger partial charge in [0.05, 0.1) is 18.7 Å². The molecule has 128 valence electrons. The number of thiophene rings is 1. The second-order valence-electron chi connectivity index (χ2n) is 6.13. The highest BCUT2D eigenvalue weighted by Gasteiger charge is 2.19. The Hall–Kier alpha value is -1.40. The van der Waals surface area contributed by atoms with Crippen LogP contribution in [0.3, 0.4) is 0 Å². The number of carbonyl (C=O) groups excluding carboxylic acids is 2. The Labute approximate surface area is 142 Å². The number of hydrogen-bond donors (Lipinski definition) is 1. The van der Waals surface area contributed by atoms with Crippen molar-refractivity contribution in [2.45, 2.75) is 39.0 Å². The van der Waals surface area contributed by atoms with Crippen molar-refractivity contribution in [3.8, 4) is 0 Å². The van der Waals surface area contributed by atoms with Gasteiger partial charge in [0.2, 0.25) is 5.91 Å². The minimum Gasteiger partial charge on any atom is -0.462 e. The summed E-state index contributed by atoms with van der Waals surface area (Å²) in [6.07, 6.45) is 6.50. The standard InChI is InChI=1S/C17H26N2O3S/c1-3-22-17(21)14-9-10-23-16(14)18-15(20)12-19(2)11-13-7-5-4-6-8-13/h9-10,13H,3-8,11-12H2,1-2H3,(H,18,20). The van der Waals surface area contributed by atoms with Crippen molar-refractivity contribution in [3.63, 3.8) is 0 Å². The summed E-state index contributed by atoms with van der Waals surface area (Å²) < 4.78 is 5.00. The van der Waals surface area contributed by atoms with Crippen LogP contribution in [-0.4, -0.2) is 43.5 Å². The van der Waals surface area contributed by atoms with Crippen LogP contribution in [0.1, 0.15) is 49.4 Å². The quantitative estimate of drug-likeness (QED) is 0.774. The van der Waals surface area contributed by atoms with E-state index in [1.54, 1.807) is 18.4 Å². The molecule has 1 N–H and O–H groups in total. The van der Waals surface area contributed by atoms with E-state index in [2.05, 4.69) is 10.2 Å². The smallest absolute Gasteiger partial charge is 0.341 e. The first-order valence-electron chi connectivity index (χ1n) is 8.33. The molecular weight excluding hydrogens is 312 g/mol. The van der Waals surface area contributed by atoms with Gasteiger partial charge in [-0.05, 0) is 44.2 Å². The number of nitrogens with one attached hydrogen (secondary N) is 1. The van der Waals surface area contributed by atoms with Gasteiger partial charge in [0.25, 0.3) is 0 Å². The van der Waals surface area contributed by atoms with Crippen molar-refractivity contribution >= 4 is 28.2 Å². The Balaban J connectivity index is 1.82. The Morgan fingerprint density at radius 3 is 2.78 bits per heavy atom. The maximum Gasteiger partial charge on any atom is 0.341 e. The zero-order valence-electron chi connectivity index (χ0n) is 14.0. The molecule has 1 saturated carbocycles. The zero-order valence-corrected chi connectivity index (χ0v) is 14.8. The molecule has 0 bridgehead atoms. The third-order valence-electron chi connectivity index (χ3n) is 4.12. The molecule has 0 aromatic carbocycles. The molecule has 1 heterocycles. The van der Waals surface area contributed by atoms with E-state index in [0.29, 0.717) is 29.6 Å². The van der Waals surface area contributed by atoms with Crippen LogP contribution in [0.5, 0.6) is 0 Å². The number of rotatable bonds is 7. The number of carbonyl (C=O) groups is 2. The van der Waals surface area contributed by atoms with E-state index in [1.165, 1.54) is 43.4 Å². The molecule has 23 heavy (non-hydrogen) atoms. The maximum atomic E-state index is 12.2. The molecule has 2 rings (SSSR count). The van der Waals surface area contributed by atoms with Gasteiger partial charge in [-0.3, -0.25) is 9.69 Å². The number of nitrogens with zero attached hydrogens (tertiary/aromatic N) is 1. The molecule has 1 aliphatic carbocycles. The second kappa shape index (κ2) is 9.03. The fourth-order valence-corrected chi connectivity index (χ4v) is 3.85. The summed E-state index contributed by atoms with van der Waals surface area (Å²) in [6, 6.07) is 1.68. The summed E-state index contributed by atoms with van der Waals surface area (Å²) in [5.41, 5.74) is 0.431. The zero-order chi connectivity index (χ0) is 16.7. The van der Waals surface area contributed by atoms with E-state index in [9.17, 15) is 9.59 Å². The normalized spacial score (nSPS) is 15.6. The SMILES string of the molecule is CCOC(=O)c1ccsc1NC(=O)CN(C)CC1CCCCC1. The molecule has 1 amide bonds. The predicted octanol–water partition coefficient (Wildman–Crippen LogP) is 3.38. The molecule has 0 spiro atoms. The second-order valence-corrected chi connectivity index (χ2v) is 7.05. The Bertz CT molecular complexity index is 524. The minimum atomic E-state index is -0.389. The predicted molar refractivity (Wildman–Crippen MR) is 93.0 cm³/mol. The van der Waals surface area contributed by atoms with Crippen LogP contribution in [0.4, 0.5) is 5.00 Å². The third-order valence-corrected chi connectivity index (χ3v) is 4.95. The lowest BCUT2D eigenvalue weighted by molar-refractivity contribution is -0.117. The number of likely N-dealkylation sites (N-methyl/N-ethyl adjacent to an activating group) is 1. The van der Waals surface area contributed by atoms with Gasteiger partial charge in [-0.2, -0.15) is 0 Å². The van der Waals surface area contributed by atoms with Crippen LogP contribution in [0.2, 0.25) is 0 Å². The summed E-state index contributed by atoms with van der Waals surface area (Å²) in [4.78, 5) is 26.1. The summed E-state index contributed by atoms with van der Waals surface area (Å²) in [7, 11) is 1.98. The van der Waals surface area contributed by atoms with E-state index in [0.717, 1.165) is 6.54 Å². The third kappa shape index (κ3) is 5.62. The summed E-state index contributed by atoms with van der Waals surface area (Å²) in [6.45, 7) is 3.40. The topological polar surface area (TPSA) is 58.6 Å². The molecule has 0 unspecified atom stereocenters. The highest BCUT2D eigenvalue weighted by atomic mass is 32.1. The molecule has 0 saturated heterocycles. The van der Waals surface area contributed by atoms with Crippen molar-refractivity contribution in [1.29, 1.82) is 0 Å². The molecule has 0 aliphatic heterocycles. The van der Waals surface area contributed by atoms with Gasteiger partial charge >= 0.3 is 5.97 Å². The van der Waals surface area contributed by atoms with Gasteiger partial charge in [0.15, 0.2) is 0 Å². The monoisotopic (exact) mass is 338 g/mol. The van der Waals surface area contributed by atoms with E-state index < -0.39 is 0 Å². The summed E-state index contributed by atoms with van der Waals surface area (Å²) in [5, 5.41) is 5.19. The van der Waals surface area contributed by atoms with Gasteiger partial charge in [0.1, 0.15) is 5.00 Å². The number of amides is 1. The molecule has 1 aromatic heterocycles. The van der Waals surface area contributed by atoms with Gasteiger partial charge in [0, 0.05) is 6.54 Å². The van der Waals surface area contributed by atoms with Crippen LogP contribution in [0.25, 0.3) is 0 Å². The van der Waals surface area contributed by atoms with Gasteiger partial charge < -0.3 is 10.1 Å². The average Bonchev–Trinajstić information content (AvgIpc) is 2.96. The minimum absolute atomic E-state index is 0.0868. The van der Waals surface area contributed by atoms with Crippen molar-refractivity contribution in [3.05, 3.63) is 17.0 Å². The molecule has 1 fully saturated rings. The van der Waals surface area contributed by atoms with Gasteiger partial charge in [-0.1, -0.05) is 19.3 Å². The largest absolute Gasteiger partial charge is 0.462 e. The molecule has 0 radical (unpaired) electrons. The number of anilines is 1. The highest BCUT2D eigenvalue weighted by Crippen LogP contribution is 2.25. The first-order chi connectivity index (χ1) is 11.1. The van der Waals surface area contributed by atoms with Crippen LogP contribution in [0, 0.1) is 5.92 Å². The summed E-state index contributed by atoms with van der Waals surface area (Å²) >= 11 is 1.34. The fourth-order valence-electron chi connectivity index (χ4n) is 3.06. The molecule has 6 heteroatoms. The van der Waals surface area contributed by atoms with E-state index in [1.807, 2.05) is 7.05 Å². The van der Waals surface area contributed by atoms with E-state index in [4.69, 9.17) is 4.74 Å². The lowest BCUT2D eigenvalue weighted by Crippen LogP contribution is -2.34. The number of hydrogen-bond acceptors (Lipinski definition) is 5. The highest BCUT2D eigenvalue weighted by molar-refractivity contribution is 7.14. The summed E-state index contributed by atoms with van der Waals surface area (Å²) in [5.74, 6) is 0.231.